The van der Waals surface area contributed by atoms with E-state index in [4.69, 9.17) is 27.9 Å². The van der Waals surface area contributed by atoms with Crippen molar-refractivity contribution in [1.82, 2.24) is 4.90 Å². The number of benzene rings is 1. The Bertz CT molecular complexity index is 434. The molecule has 0 aliphatic carbocycles. The summed E-state index contributed by atoms with van der Waals surface area (Å²) in [4.78, 5) is 14.3. The summed E-state index contributed by atoms with van der Waals surface area (Å²) < 4.78 is 5.26. The first-order valence-electron chi connectivity index (χ1n) is 5.95. The third-order valence-corrected chi connectivity index (χ3v) is 3.55. The van der Waals surface area contributed by atoms with Gasteiger partial charge in [0.15, 0.2) is 5.78 Å². The minimum Gasteiger partial charge on any atom is -0.379 e. The molecule has 1 aromatic rings. The summed E-state index contributed by atoms with van der Waals surface area (Å²) in [5.41, 5.74) is 0.512. The number of hydrogen-bond acceptors (Lipinski definition) is 3. The van der Waals surface area contributed by atoms with Crippen LogP contribution in [0.2, 0.25) is 10.0 Å². The molecule has 19 heavy (non-hydrogen) atoms. The predicted octanol–water partition coefficient (Wildman–Crippen LogP) is 3.32. The minimum absolute atomic E-state index is 0. The van der Waals surface area contributed by atoms with Gasteiger partial charge in [-0.15, -0.1) is 12.4 Å². The van der Waals surface area contributed by atoms with E-state index in [0.717, 1.165) is 32.8 Å². The van der Waals surface area contributed by atoms with E-state index < -0.39 is 0 Å². The molecule has 0 spiro atoms. The lowest BCUT2D eigenvalue weighted by Gasteiger charge is -2.26. The number of carbonyl (C=O) groups excluding carboxylic acids is 1. The molecule has 2 rings (SSSR count). The molecule has 106 valence electrons. The molecular weight excluding hydrogens is 309 g/mol. The van der Waals surface area contributed by atoms with Gasteiger partial charge in [-0.25, -0.2) is 0 Å². The normalized spacial score (nSPS) is 15.9. The Morgan fingerprint density at radius 2 is 1.95 bits per heavy atom. The van der Waals surface area contributed by atoms with Crippen LogP contribution in [-0.2, 0) is 4.74 Å². The van der Waals surface area contributed by atoms with Crippen LogP contribution in [0.15, 0.2) is 18.2 Å². The van der Waals surface area contributed by atoms with E-state index in [1.165, 1.54) is 0 Å². The van der Waals surface area contributed by atoms with Gasteiger partial charge in [0.25, 0.3) is 0 Å². The van der Waals surface area contributed by atoms with Crippen LogP contribution in [0, 0.1) is 0 Å². The fourth-order valence-electron chi connectivity index (χ4n) is 1.93. The molecule has 6 heteroatoms. The number of rotatable bonds is 4. The van der Waals surface area contributed by atoms with Gasteiger partial charge >= 0.3 is 0 Å². The van der Waals surface area contributed by atoms with Crippen molar-refractivity contribution in [3.05, 3.63) is 33.8 Å². The summed E-state index contributed by atoms with van der Waals surface area (Å²) in [6.07, 6.45) is 0.458. The maximum absolute atomic E-state index is 12.1. The van der Waals surface area contributed by atoms with Crippen LogP contribution in [0.1, 0.15) is 16.8 Å². The Kier molecular flexibility index (Phi) is 7.11. The summed E-state index contributed by atoms with van der Waals surface area (Å²) in [6.45, 7) is 4.00. The zero-order valence-electron chi connectivity index (χ0n) is 10.4. The fraction of sp³-hybridized carbons (Fsp3) is 0.462. The van der Waals surface area contributed by atoms with E-state index in [-0.39, 0.29) is 18.2 Å². The molecule has 1 fully saturated rings. The molecule has 0 unspecified atom stereocenters. The molecule has 0 N–H and O–H groups in total. The Balaban J connectivity index is 0.00000180. The van der Waals surface area contributed by atoms with E-state index in [2.05, 4.69) is 4.90 Å². The van der Waals surface area contributed by atoms with Crippen molar-refractivity contribution in [3.8, 4) is 0 Å². The molecule has 0 radical (unpaired) electrons. The van der Waals surface area contributed by atoms with Crippen molar-refractivity contribution >= 4 is 41.4 Å². The second-order valence-electron chi connectivity index (χ2n) is 4.25. The Labute approximate surface area is 129 Å². The number of Topliss-reactive ketones (excluding diaryl/α,β-unsaturated/α-hetero) is 1. The Morgan fingerprint density at radius 1 is 1.26 bits per heavy atom. The highest BCUT2D eigenvalue weighted by molar-refractivity contribution is 6.35. The third-order valence-electron chi connectivity index (χ3n) is 2.99. The molecule has 1 aliphatic rings. The van der Waals surface area contributed by atoms with E-state index >= 15 is 0 Å². The molecule has 0 saturated carbocycles. The van der Waals surface area contributed by atoms with Crippen LogP contribution in [0.4, 0.5) is 0 Å². The van der Waals surface area contributed by atoms with Crippen LogP contribution in [0.25, 0.3) is 0 Å². The van der Waals surface area contributed by atoms with Crippen molar-refractivity contribution in [2.24, 2.45) is 0 Å². The number of carbonyl (C=O) groups is 1. The molecule has 1 aromatic carbocycles. The van der Waals surface area contributed by atoms with E-state index in [1.54, 1.807) is 18.2 Å². The average molecular weight is 325 g/mol. The van der Waals surface area contributed by atoms with Crippen molar-refractivity contribution in [3.63, 3.8) is 0 Å². The van der Waals surface area contributed by atoms with Gasteiger partial charge in [0.05, 0.1) is 18.2 Å². The summed E-state index contributed by atoms with van der Waals surface area (Å²) in [6, 6.07) is 4.97. The molecule has 3 nitrogen and oxygen atoms in total. The van der Waals surface area contributed by atoms with Gasteiger partial charge in [-0.1, -0.05) is 23.2 Å². The van der Waals surface area contributed by atoms with E-state index in [9.17, 15) is 4.79 Å². The summed E-state index contributed by atoms with van der Waals surface area (Å²) in [5, 5.41) is 1.00. The highest BCUT2D eigenvalue weighted by atomic mass is 35.5. The van der Waals surface area contributed by atoms with Gasteiger partial charge in [0, 0.05) is 36.6 Å². The zero-order chi connectivity index (χ0) is 13.0. The van der Waals surface area contributed by atoms with Crippen LogP contribution in [-0.4, -0.2) is 43.5 Å². The first-order valence-corrected chi connectivity index (χ1v) is 6.71. The average Bonchev–Trinajstić information content (AvgIpc) is 2.40. The van der Waals surface area contributed by atoms with Gasteiger partial charge in [-0.05, 0) is 18.2 Å². The maximum Gasteiger partial charge on any atom is 0.165 e. The summed E-state index contributed by atoms with van der Waals surface area (Å²) >= 11 is 11.9. The monoisotopic (exact) mass is 323 g/mol. The number of ether oxygens (including phenoxy) is 1. The molecular formula is C13H16Cl3NO2. The van der Waals surface area contributed by atoms with Crippen LogP contribution < -0.4 is 0 Å². The number of morpholine rings is 1. The predicted molar refractivity (Wildman–Crippen MR) is 79.9 cm³/mol. The smallest absolute Gasteiger partial charge is 0.165 e. The van der Waals surface area contributed by atoms with Crippen LogP contribution >= 0.6 is 35.6 Å². The minimum atomic E-state index is 0. The topological polar surface area (TPSA) is 29.5 Å². The lowest BCUT2D eigenvalue weighted by Crippen LogP contribution is -2.37. The summed E-state index contributed by atoms with van der Waals surface area (Å²) in [5.74, 6) is 0.0361. The van der Waals surface area contributed by atoms with Crippen molar-refractivity contribution in [2.45, 2.75) is 6.42 Å². The second-order valence-corrected chi connectivity index (χ2v) is 5.09. The Morgan fingerprint density at radius 3 is 2.63 bits per heavy atom. The first-order chi connectivity index (χ1) is 8.66. The van der Waals surface area contributed by atoms with Gasteiger partial charge in [0.2, 0.25) is 0 Å². The number of ketones is 1. The molecule has 0 atom stereocenters. The SMILES string of the molecule is Cl.O=C(CCN1CCOCC1)c1cc(Cl)ccc1Cl. The summed E-state index contributed by atoms with van der Waals surface area (Å²) in [7, 11) is 0. The number of nitrogens with zero attached hydrogens (tertiary/aromatic N) is 1. The fourth-order valence-corrected chi connectivity index (χ4v) is 2.33. The molecule has 0 aromatic heterocycles. The zero-order valence-corrected chi connectivity index (χ0v) is 12.7. The third kappa shape index (κ3) is 4.93. The van der Waals surface area contributed by atoms with Gasteiger partial charge in [0.1, 0.15) is 0 Å². The van der Waals surface area contributed by atoms with Gasteiger partial charge in [-0.2, -0.15) is 0 Å². The van der Waals surface area contributed by atoms with Crippen molar-refractivity contribution < 1.29 is 9.53 Å². The standard InChI is InChI=1S/C13H15Cl2NO2.ClH/c14-10-1-2-12(15)11(9-10)13(17)3-4-16-5-7-18-8-6-16;/h1-2,9H,3-8H2;1H. The molecule has 1 aliphatic heterocycles. The lowest BCUT2D eigenvalue weighted by molar-refractivity contribution is 0.0370. The van der Waals surface area contributed by atoms with Crippen molar-refractivity contribution in [1.29, 1.82) is 0 Å². The molecule has 0 amide bonds. The van der Waals surface area contributed by atoms with Gasteiger partial charge in [-0.3, -0.25) is 9.69 Å². The quantitative estimate of drug-likeness (QED) is 0.796. The maximum atomic E-state index is 12.1. The van der Waals surface area contributed by atoms with Crippen molar-refractivity contribution in [2.75, 3.05) is 32.8 Å². The van der Waals surface area contributed by atoms with E-state index in [0.29, 0.717) is 22.0 Å². The molecule has 1 saturated heterocycles. The largest absolute Gasteiger partial charge is 0.379 e. The number of halogens is 3. The lowest BCUT2D eigenvalue weighted by atomic mass is 10.1. The Hall–Kier alpha value is -0.320. The van der Waals surface area contributed by atoms with Gasteiger partial charge < -0.3 is 4.74 Å². The van der Waals surface area contributed by atoms with Crippen LogP contribution in [0.3, 0.4) is 0 Å². The van der Waals surface area contributed by atoms with E-state index in [1.807, 2.05) is 0 Å². The number of hydrogen-bond donors (Lipinski definition) is 0. The molecule has 0 bridgehead atoms. The first kappa shape index (κ1) is 16.7. The highest BCUT2D eigenvalue weighted by Crippen LogP contribution is 2.22. The molecule has 1 heterocycles. The highest BCUT2D eigenvalue weighted by Gasteiger charge is 2.15. The second kappa shape index (κ2) is 8.08. The van der Waals surface area contributed by atoms with Crippen LogP contribution in [0.5, 0.6) is 0 Å².